The predicted molar refractivity (Wildman–Crippen MR) is 83.5 cm³/mol. The van der Waals surface area contributed by atoms with Crippen molar-refractivity contribution in [3.8, 4) is 0 Å². The minimum atomic E-state index is -3.17. The van der Waals surface area contributed by atoms with E-state index in [-0.39, 0.29) is 12.1 Å². The van der Waals surface area contributed by atoms with Crippen LogP contribution in [-0.2, 0) is 10.0 Å². The van der Waals surface area contributed by atoms with Crippen LogP contribution in [0.5, 0.6) is 0 Å². The van der Waals surface area contributed by atoms with Gasteiger partial charge in [0.25, 0.3) is 0 Å². The third-order valence-corrected chi connectivity index (χ3v) is 3.43. The standard InChI is InChI=1S/C13H22N4O3S/c1-10(14)11-4-6-12(7-5-11)17-13(18)15-8-3-9-16-21(2,19)20/h4-7,10,16H,3,8-9,14H2,1-2H3,(H2,15,17,18). The molecule has 0 fully saturated rings. The Bertz CT molecular complexity index is 555. The van der Waals surface area contributed by atoms with Gasteiger partial charge >= 0.3 is 6.03 Å². The lowest BCUT2D eigenvalue weighted by molar-refractivity contribution is 0.252. The summed E-state index contributed by atoms with van der Waals surface area (Å²) in [6.07, 6.45) is 1.61. The number of amides is 2. The highest BCUT2D eigenvalue weighted by Gasteiger charge is 2.03. The van der Waals surface area contributed by atoms with E-state index in [2.05, 4.69) is 15.4 Å². The lowest BCUT2D eigenvalue weighted by atomic mass is 10.1. The molecule has 1 aromatic rings. The fraction of sp³-hybridized carbons (Fsp3) is 0.462. The van der Waals surface area contributed by atoms with Gasteiger partial charge in [0.05, 0.1) is 6.26 Å². The van der Waals surface area contributed by atoms with Gasteiger partial charge in [-0.3, -0.25) is 0 Å². The molecule has 118 valence electrons. The largest absolute Gasteiger partial charge is 0.338 e. The Hall–Kier alpha value is -1.64. The molecule has 0 heterocycles. The second kappa shape index (κ2) is 7.96. The normalized spacial score (nSPS) is 12.7. The molecule has 0 radical (unpaired) electrons. The molecule has 0 aromatic heterocycles. The van der Waals surface area contributed by atoms with Gasteiger partial charge in [-0.05, 0) is 31.0 Å². The zero-order valence-corrected chi connectivity index (χ0v) is 13.0. The Balaban J connectivity index is 2.27. The van der Waals surface area contributed by atoms with E-state index in [9.17, 15) is 13.2 Å². The van der Waals surface area contributed by atoms with Crippen LogP contribution in [0.3, 0.4) is 0 Å². The van der Waals surface area contributed by atoms with Crippen LogP contribution >= 0.6 is 0 Å². The van der Waals surface area contributed by atoms with E-state index in [0.717, 1.165) is 11.8 Å². The summed E-state index contributed by atoms with van der Waals surface area (Å²) in [7, 11) is -3.17. The van der Waals surface area contributed by atoms with E-state index in [1.165, 1.54) is 0 Å². The van der Waals surface area contributed by atoms with Crippen molar-refractivity contribution >= 4 is 21.7 Å². The molecule has 0 aliphatic carbocycles. The van der Waals surface area contributed by atoms with Crippen LogP contribution < -0.4 is 21.1 Å². The molecule has 1 atom stereocenters. The molecule has 5 N–H and O–H groups in total. The molecule has 0 aliphatic rings. The fourth-order valence-electron chi connectivity index (χ4n) is 1.59. The predicted octanol–water partition coefficient (Wildman–Crippen LogP) is 0.767. The number of sulfonamides is 1. The van der Waals surface area contributed by atoms with E-state index >= 15 is 0 Å². The zero-order chi connectivity index (χ0) is 15.9. The molecule has 1 aromatic carbocycles. The average Bonchev–Trinajstić information content (AvgIpc) is 2.37. The molecule has 0 aliphatic heterocycles. The highest BCUT2D eigenvalue weighted by atomic mass is 32.2. The summed E-state index contributed by atoms with van der Waals surface area (Å²) < 4.78 is 24.0. The van der Waals surface area contributed by atoms with E-state index in [1.54, 1.807) is 12.1 Å². The highest BCUT2D eigenvalue weighted by molar-refractivity contribution is 7.88. The number of benzene rings is 1. The number of rotatable bonds is 7. The quantitative estimate of drug-likeness (QED) is 0.557. The summed E-state index contributed by atoms with van der Waals surface area (Å²) in [5.74, 6) is 0. The maximum absolute atomic E-state index is 11.6. The van der Waals surface area contributed by atoms with E-state index in [1.807, 2.05) is 19.1 Å². The second-order valence-corrected chi connectivity index (χ2v) is 6.64. The van der Waals surface area contributed by atoms with E-state index in [0.29, 0.717) is 25.2 Å². The Morgan fingerprint density at radius 3 is 2.38 bits per heavy atom. The Morgan fingerprint density at radius 2 is 1.86 bits per heavy atom. The zero-order valence-electron chi connectivity index (χ0n) is 12.2. The molecule has 0 saturated heterocycles. The fourth-order valence-corrected chi connectivity index (χ4v) is 2.11. The first-order valence-electron chi connectivity index (χ1n) is 6.63. The number of carbonyl (C=O) groups excluding carboxylic acids is 1. The van der Waals surface area contributed by atoms with Gasteiger partial charge in [-0.2, -0.15) is 0 Å². The summed E-state index contributed by atoms with van der Waals surface area (Å²) >= 11 is 0. The molecular weight excluding hydrogens is 292 g/mol. The van der Waals surface area contributed by atoms with Crippen LogP contribution in [-0.4, -0.2) is 33.8 Å². The van der Waals surface area contributed by atoms with Crippen molar-refractivity contribution < 1.29 is 13.2 Å². The van der Waals surface area contributed by atoms with E-state index < -0.39 is 10.0 Å². The van der Waals surface area contributed by atoms with Crippen molar-refractivity contribution in [2.24, 2.45) is 5.73 Å². The van der Waals surface area contributed by atoms with Crippen molar-refractivity contribution in [3.05, 3.63) is 29.8 Å². The van der Waals surface area contributed by atoms with Gasteiger partial charge in [0.15, 0.2) is 0 Å². The number of hydrogen-bond donors (Lipinski definition) is 4. The first-order chi connectivity index (χ1) is 9.78. The third kappa shape index (κ3) is 7.64. The minimum Gasteiger partial charge on any atom is -0.338 e. The lowest BCUT2D eigenvalue weighted by Gasteiger charge is -2.09. The first-order valence-corrected chi connectivity index (χ1v) is 8.52. The second-order valence-electron chi connectivity index (χ2n) is 4.81. The first kappa shape index (κ1) is 17.4. The minimum absolute atomic E-state index is 0.0461. The van der Waals surface area contributed by atoms with Gasteiger partial charge in [-0.1, -0.05) is 12.1 Å². The maximum Gasteiger partial charge on any atom is 0.319 e. The molecule has 1 rings (SSSR count). The summed E-state index contributed by atoms with van der Waals surface area (Å²) in [6, 6.07) is 6.90. The monoisotopic (exact) mass is 314 g/mol. The lowest BCUT2D eigenvalue weighted by Crippen LogP contribution is -2.32. The van der Waals surface area contributed by atoms with Crippen molar-refractivity contribution in [1.82, 2.24) is 10.0 Å². The van der Waals surface area contributed by atoms with Crippen LogP contribution in [0.15, 0.2) is 24.3 Å². The molecule has 7 nitrogen and oxygen atoms in total. The van der Waals surface area contributed by atoms with Crippen LogP contribution in [0.25, 0.3) is 0 Å². The molecule has 0 bridgehead atoms. The molecule has 2 amide bonds. The number of carbonyl (C=O) groups is 1. The van der Waals surface area contributed by atoms with Gasteiger partial charge in [-0.25, -0.2) is 17.9 Å². The molecular formula is C13H22N4O3S. The summed E-state index contributed by atoms with van der Waals surface area (Å²) in [4.78, 5) is 11.6. The number of nitrogens with one attached hydrogen (secondary N) is 3. The number of anilines is 1. The van der Waals surface area contributed by atoms with Crippen LogP contribution in [0, 0.1) is 0 Å². The molecule has 21 heavy (non-hydrogen) atoms. The number of urea groups is 1. The average molecular weight is 314 g/mol. The SMILES string of the molecule is CC(N)c1ccc(NC(=O)NCCCNS(C)(=O)=O)cc1. The molecule has 0 saturated carbocycles. The van der Waals surface area contributed by atoms with Crippen LogP contribution in [0.4, 0.5) is 10.5 Å². The van der Waals surface area contributed by atoms with Gasteiger partial charge in [-0.15, -0.1) is 0 Å². The van der Waals surface area contributed by atoms with Crippen LogP contribution in [0.1, 0.15) is 24.9 Å². The maximum atomic E-state index is 11.6. The summed E-state index contributed by atoms with van der Waals surface area (Å²) in [5.41, 5.74) is 7.41. The topological polar surface area (TPSA) is 113 Å². The Kier molecular flexibility index (Phi) is 6.60. The van der Waals surface area contributed by atoms with Gasteiger partial charge < -0.3 is 16.4 Å². The van der Waals surface area contributed by atoms with Crippen molar-refractivity contribution in [1.29, 1.82) is 0 Å². The van der Waals surface area contributed by atoms with E-state index in [4.69, 9.17) is 5.73 Å². The van der Waals surface area contributed by atoms with Crippen molar-refractivity contribution in [3.63, 3.8) is 0 Å². The van der Waals surface area contributed by atoms with Crippen molar-refractivity contribution in [2.45, 2.75) is 19.4 Å². The Morgan fingerprint density at radius 1 is 1.24 bits per heavy atom. The summed E-state index contributed by atoms with van der Waals surface area (Å²) in [6.45, 7) is 2.56. The molecule has 0 spiro atoms. The van der Waals surface area contributed by atoms with Gasteiger partial charge in [0.2, 0.25) is 10.0 Å². The smallest absolute Gasteiger partial charge is 0.319 e. The number of hydrogen-bond acceptors (Lipinski definition) is 4. The van der Waals surface area contributed by atoms with Gasteiger partial charge in [0.1, 0.15) is 0 Å². The van der Waals surface area contributed by atoms with Crippen LogP contribution in [0.2, 0.25) is 0 Å². The highest BCUT2D eigenvalue weighted by Crippen LogP contribution is 2.13. The van der Waals surface area contributed by atoms with Crippen molar-refractivity contribution in [2.75, 3.05) is 24.7 Å². The summed E-state index contributed by atoms with van der Waals surface area (Å²) in [5, 5.41) is 5.33. The number of nitrogens with two attached hydrogens (primary N) is 1. The molecule has 8 heteroatoms. The van der Waals surface area contributed by atoms with Gasteiger partial charge in [0, 0.05) is 24.8 Å². The molecule has 1 unspecified atom stereocenters. The third-order valence-electron chi connectivity index (χ3n) is 2.70. The Labute approximate surface area is 125 Å².